The van der Waals surface area contributed by atoms with Crippen molar-refractivity contribution in [1.82, 2.24) is 4.90 Å². The summed E-state index contributed by atoms with van der Waals surface area (Å²) in [7, 11) is 0. The summed E-state index contributed by atoms with van der Waals surface area (Å²) in [6.45, 7) is 9.93. The predicted molar refractivity (Wildman–Crippen MR) is 111 cm³/mol. The Kier molecular flexibility index (Phi) is 6.33. The van der Waals surface area contributed by atoms with Crippen LogP contribution in [0, 0.1) is 5.92 Å². The average Bonchev–Trinajstić information content (AvgIpc) is 2.70. The molecular weight excluding hydrogens is 334 g/mol. The maximum Gasteiger partial charge on any atom is 0.176 e. The molecule has 2 aromatic carbocycles. The summed E-state index contributed by atoms with van der Waals surface area (Å²) in [4.78, 5) is 14.8. The summed E-state index contributed by atoms with van der Waals surface area (Å²) in [6.07, 6.45) is 2.07. The molecule has 27 heavy (non-hydrogen) atoms. The number of rotatable bonds is 7. The minimum absolute atomic E-state index is 0.109. The summed E-state index contributed by atoms with van der Waals surface area (Å²) in [5.41, 5.74) is 2.26. The van der Waals surface area contributed by atoms with Gasteiger partial charge in [-0.05, 0) is 48.4 Å². The van der Waals surface area contributed by atoms with E-state index in [0.29, 0.717) is 12.5 Å². The topological polar surface area (TPSA) is 29.5 Å². The molecule has 2 atom stereocenters. The van der Waals surface area contributed by atoms with Crippen LogP contribution in [0.15, 0.2) is 54.6 Å². The molecule has 1 heterocycles. The SMILES string of the molecule is CCCOc1cccc(C2(C)CCN(CC(=O)c3ccccc3)CC2C)c1. The summed E-state index contributed by atoms with van der Waals surface area (Å²) >= 11 is 0. The summed E-state index contributed by atoms with van der Waals surface area (Å²) in [6, 6.07) is 18.2. The lowest BCUT2D eigenvalue weighted by molar-refractivity contribution is 0.0795. The summed E-state index contributed by atoms with van der Waals surface area (Å²) < 4.78 is 5.83. The third-order valence-corrected chi connectivity index (χ3v) is 6.00. The Hall–Kier alpha value is -2.13. The quantitative estimate of drug-likeness (QED) is 0.650. The van der Waals surface area contributed by atoms with Crippen LogP contribution in [0.4, 0.5) is 0 Å². The number of ether oxygens (including phenoxy) is 1. The van der Waals surface area contributed by atoms with Crippen LogP contribution < -0.4 is 4.74 Å². The summed E-state index contributed by atoms with van der Waals surface area (Å²) in [5.74, 6) is 1.64. The highest BCUT2D eigenvalue weighted by Crippen LogP contribution is 2.40. The molecule has 0 spiro atoms. The van der Waals surface area contributed by atoms with Crippen LogP contribution in [-0.2, 0) is 5.41 Å². The van der Waals surface area contributed by atoms with Gasteiger partial charge in [0.25, 0.3) is 0 Å². The third kappa shape index (κ3) is 4.59. The van der Waals surface area contributed by atoms with E-state index < -0.39 is 0 Å². The maximum absolute atomic E-state index is 12.5. The lowest BCUT2D eigenvalue weighted by Crippen LogP contribution is -2.48. The second-order valence-corrected chi connectivity index (χ2v) is 7.97. The van der Waals surface area contributed by atoms with Gasteiger partial charge in [-0.25, -0.2) is 0 Å². The van der Waals surface area contributed by atoms with Crippen LogP contribution >= 0.6 is 0 Å². The zero-order valence-electron chi connectivity index (χ0n) is 16.8. The number of likely N-dealkylation sites (tertiary alicyclic amines) is 1. The molecular formula is C24H31NO2. The van der Waals surface area contributed by atoms with E-state index >= 15 is 0 Å². The fraction of sp³-hybridized carbons (Fsp3) is 0.458. The number of Topliss-reactive ketones (excluding diaryl/α,β-unsaturated/α-hetero) is 1. The second-order valence-electron chi connectivity index (χ2n) is 7.97. The number of hydrogen-bond donors (Lipinski definition) is 0. The van der Waals surface area contributed by atoms with Crippen LogP contribution in [-0.4, -0.2) is 36.9 Å². The lowest BCUT2D eigenvalue weighted by atomic mass is 9.68. The monoisotopic (exact) mass is 365 g/mol. The molecule has 3 heteroatoms. The number of piperidine rings is 1. The van der Waals surface area contributed by atoms with Gasteiger partial charge in [0, 0.05) is 12.1 Å². The Bertz CT molecular complexity index is 758. The average molecular weight is 366 g/mol. The first-order valence-corrected chi connectivity index (χ1v) is 10.1. The molecule has 0 saturated carbocycles. The van der Waals surface area contributed by atoms with Gasteiger partial charge in [-0.3, -0.25) is 9.69 Å². The van der Waals surface area contributed by atoms with Crippen LogP contribution in [0.2, 0.25) is 0 Å². The minimum atomic E-state index is 0.109. The molecule has 3 nitrogen and oxygen atoms in total. The van der Waals surface area contributed by atoms with Gasteiger partial charge >= 0.3 is 0 Å². The fourth-order valence-corrected chi connectivity index (χ4v) is 3.97. The first-order valence-electron chi connectivity index (χ1n) is 10.1. The van der Waals surface area contributed by atoms with Gasteiger partial charge < -0.3 is 4.74 Å². The predicted octanol–water partition coefficient (Wildman–Crippen LogP) is 4.96. The first kappa shape index (κ1) is 19.6. The molecule has 1 fully saturated rings. The molecule has 2 unspecified atom stereocenters. The highest BCUT2D eigenvalue weighted by molar-refractivity contribution is 5.97. The lowest BCUT2D eigenvalue weighted by Gasteiger charge is -2.45. The molecule has 0 aromatic heterocycles. The highest BCUT2D eigenvalue weighted by atomic mass is 16.5. The molecule has 0 aliphatic carbocycles. The minimum Gasteiger partial charge on any atom is -0.494 e. The van der Waals surface area contributed by atoms with Gasteiger partial charge in [0.15, 0.2) is 5.78 Å². The van der Waals surface area contributed by atoms with Crippen molar-refractivity contribution >= 4 is 5.78 Å². The van der Waals surface area contributed by atoms with Crippen molar-refractivity contribution < 1.29 is 9.53 Å². The zero-order valence-corrected chi connectivity index (χ0v) is 16.8. The fourth-order valence-electron chi connectivity index (χ4n) is 3.97. The number of nitrogens with zero attached hydrogens (tertiary/aromatic N) is 1. The number of ketones is 1. The Morgan fingerprint density at radius 3 is 2.67 bits per heavy atom. The summed E-state index contributed by atoms with van der Waals surface area (Å²) in [5, 5.41) is 0. The molecule has 0 amide bonds. The van der Waals surface area contributed by atoms with Crippen molar-refractivity contribution in [2.45, 2.75) is 39.0 Å². The van der Waals surface area contributed by atoms with Gasteiger partial charge in [0.2, 0.25) is 0 Å². The van der Waals surface area contributed by atoms with E-state index in [0.717, 1.165) is 43.9 Å². The van der Waals surface area contributed by atoms with Crippen molar-refractivity contribution in [1.29, 1.82) is 0 Å². The Labute approximate surface area is 163 Å². The van der Waals surface area contributed by atoms with E-state index in [-0.39, 0.29) is 11.2 Å². The van der Waals surface area contributed by atoms with Gasteiger partial charge in [-0.15, -0.1) is 0 Å². The number of carbonyl (C=O) groups is 1. The van der Waals surface area contributed by atoms with Crippen LogP contribution in [0.5, 0.6) is 5.75 Å². The van der Waals surface area contributed by atoms with Crippen molar-refractivity contribution in [2.75, 3.05) is 26.2 Å². The van der Waals surface area contributed by atoms with Gasteiger partial charge in [-0.1, -0.05) is 63.2 Å². The Balaban J connectivity index is 1.66. The number of benzene rings is 2. The molecule has 0 bridgehead atoms. The molecule has 0 N–H and O–H groups in total. The van der Waals surface area contributed by atoms with E-state index in [1.54, 1.807) is 0 Å². The van der Waals surface area contributed by atoms with E-state index in [9.17, 15) is 4.79 Å². The van der Waals surface area contributed by atoms with Gasteiger partial charge in [-0.2, -0.15) is 0 Å². The Morgan fingerprint density at radius 1 is 1.19 bits per heavy atom. The third-order valence-electron chi connectivity index (χ3n) is 6.00. The second kappa shape index (κ2) is 8.71. The Morgan fingerprint density at radius 2 is 1.96 bits per heavy atom. The van der Waals surface area contributed by atoms with E-state index in [2.05, 4.69) is 43.9 Å². The number of carbonyl (C=O) groups excluding carboxylic acids is 1. The molecule has 144 valence electrons. The van der Waals surface area contributed by atoms with E-state index in [1.807, 2.05) is 36.4 Å². The smallest absolute Gasteiger partial charge is 0.176 e. The maximum atomic E-state index is 12.5. The van der Waals surface area contributed by atoms with Gasteiger partial charge in [0.1, 0.15) is 5.75 Å². The van der Waals surface area contributed by atoms with Crippen LogP contribution in [0.1, 0.15) is 49.5 Å². The molecule has 1 saturated heterocycles. The zero-order chi connectivity index (χ0) is 19.3. The molecule has 2 aromatic rings. The van der Waals surface area contributed by atoms with E-state index in [4.69, 9.17) is 4.74 Å². The van der Waals surface area contributed by atoms with Crippen molar-refractivity contribution in [3.05, 3.63) is 65.7 Å². The number of hydrogen-bond acceptors (Lipinski definition) is 3. The largest absolute Gasteiger partial charge is 0.494 e. The van der Waals surface area contributed by atoms with Crippen molar-refractivity contribution in [3.63, 3.8) is 0 Å². The van der Waals surface area contributed by atoms with Crippen LogP contribution in [0.25, 0.3) is 0 Å². The first-order chi connectivity index (χ1) is 13.0. The standard InChI is InChI=1S/C24H31NO2/c1-4-15-27-22-12-8-11-21(16-22)24(3)13-14-25(17-19(24)2)18-23(26)20-9-6-5-7-10-20/h5-12,16,19H,4,13-15,17-18H2,1-3H3. The molecule has 0 radical (unpaired) electrons. The van der Waals surface area contributed by atoms with Crippen molar-refractivity contribution in [3.8, 4) is 5.75 Å². The van der Waals surface area contributed by atoms with Crippen molar-refractivity contribution in [2.24, 2.45) is 5.92 Å². The highest BCUT2D eigenvalue weighted by Gasteiger charge is 2.38. The molecule has 1 aliphatic heterocycles. The van der Waals surface area contributed by atoms with Gasteiger partial charge in [0.05, 0.1) is 13.2 Å². The van der Waals surface area contributed by atoms with Crippen LogP contribution in [0.3, 0.4) is 0 Å². The van der Waals surface area contributed by atoms with E-state index in [1.165, 1.54) is 5.56 Å². The molecule has 1 aliphatic rings. The molecule has 3 rings (SSSR count). The normalized spacial score (nSPS) is 23.1.